The lowest BCUT2D eigenvalue weighted by Crippen LogP contribution is -2.37. The maximum absolute atomic E-state index is 12.0. The van der Waals surface area contributed by atoms with Crippen LogP contribution in [-0.2, 0) is 21.3 Å². The minimum Gasteiger partial charge on any atom is -0.480 e. The Kier molecular flexibility index (Phi) is 4.02. The Morgan fingerprint density at radius 1 is 1.47 bits per heavy atom. The Hall–Kier alpha value is -1.67. The van der Waals surface area contributed by atoms with Gasteiger partial charge in [0.2, 0.25) is 0 Å². The van der Waals surface area contributed by atoms with Gasteiger partial charge in [0.15, 0.2) is 0 Å². The Morgan fingerprint density at radius 3 is 2.59 bits per heavy atom. The number of hydrogen-bond acceptors (Lipinski definition) is 3. The predicted octanol–water partition coefficient (Wildman–Crippen LogP) is 1.67. The summed E-state index contributed by atoms with van der Waals surface area (Å²) in [5.41, 5.74) is 1.05. The Bertz CT molecular complexity index is 503. The van der Waals surface area contributed by atoms with Crippen molar-refractivity contribution in [1.82, 2.24) is 0 Å². The van der Waals surface area contributed by atoms with Gasteiger partial charge in [0.25, 0.3) is 0 Å². The number of nitriles is 1. The number of hydrogen-bond donors (Lipinski definition) is 1. The fourth-order valence-corrected chi connectivity index (χ4v) is 2.26. The van der Waals surface area contributed by atoms with Crippen LogP contribution < -0.4 is 0 Å². The standard InChI is InChI=1S/C12H13NO3S/c1-12(2,11(14)15)17(16)8-10-6-4-3-5-9(10)7-13/h3-6H,8H2,1-2H3,(H,14,15). The molecule has 0 fully saturated rings. The zero-order chi connectivity index (χ0) is 13.1. The van der Waals surface area contributed by atoms with E-state index in [0.717, 1.165) is 0 Å². The molecule has 1 atom stereocenters. The molecule has 0 spiro atoms. The van der Waals surface area contributed by atoms with Gasteiger partial charge in [-0.1, -0.05) is 18.2 Å². The molecule has 0 aliphatic carbocycles. The van der Waals surface area contributed by atoms with Crippen LogP contribution in [0, 0.1) is 11.3 Å². The number of carbonyl (C=O) groups is 1. The van der Waals surface area contributed by atoms with E-state index < -0.39 is 21.5 Å². The van der Waals surface area contributed by atoms with Gasteiger partial charge in [-0.25, -0.2) is 0 Å². The summed E-state index contributed by atoms with van der Waals surface area (Å²) < 4.78 is 10.6. The lowest BCUT2D eigenvalue weighted by Gasteiger charge is -2.18. The molecule has 1 rings (SSSR count). The minimum atomic E-state index is -1.57. The first kappa shape index (κ1) is 13.4. The quantitative estimate of drug-likeness (QED) is 0.882. The normalized spacial score (nSPS) is 12.8. The molecule has 0 radical (unpaired) electrons. The molecule has 0 amide bonds. The molecule has 0 aromatic heterocycles. The first-order chi connectivity index (χ1) is 7.89. The summed E-state index contributed by atoms with van der Waals surface area (Å²) in [6, 6.07) is 8.77. The second kappa shape index (κ2) is 5.11. The topological polar surface area (TPSA) is 78.2 Å². The van der Waals surface area contributed by atoms with Crippen LogP contribution in [0.1, 0.15) is 25.0 Å². The van der Waals surface area contributed by atoms with Crippen molar-refractivity contribution in [1.29, 1.82) is 5.26 Å². The lowest BCUT2D eigenvalue weighted by molar-refractivity contribution is -0.139. The molecule has 1 aromatic carbocycles. The Labute approximate surface area is 102 Å². The number of benzene rings is 1. The van der Waals surface area contributed by atoms with Gasteiger partial charge in [-0.15, -0.1) is 0 Å². The Morgan fingerprint density at radius 2 is 2.06 bits per heavy atom. The van der Waals surface area contributed by atoms with Crippen LogP contribution in [-0.4, -0.2) is 20.0 Å². The molecule has 4 nitrogen and oxygen atoms in total. The van der Waals surface area contributed by atoms with Gasteiger partial charge in [0.05, 0.1) is 17.4 Å². The molecule has 0 aliphatic heterocycles. The van der Waals surface area contributed by atoms with E-state index in [2.05, 4.69) is 0 Å². The third-order valence-electron chi connectivity index (χ3n) is 2.51. The van der Waals surface area contributed by atoms with Crippen molar-refractivity contribution in [2.75, 3.05) is 0 Å². The summed E-state index contributed by atoms with van der Waals surface area (Å²) in [4.78, 5) is 10.9. The molecule has 0 aliphatic rings. The van der Waals surface area contributed by atoms with Crippen molar-refractivity contribution in [3.63, 3.8) is 0 Å². The maximum atomic E-state index is 12.0. The van der Waals surface area contributed by atoms with Crippen molar-refractivity contribution < 1.29 is 14.1 Å². The fourth-order valence-electron chi connectivity index (χ4n) is 1.17. The van der Waals surface area contributed by atoms with Crippen LogP contribution in [0.5, 0.6) is 0 Å². The highest BCUT2D eigenvalue weighted by atomic mass is 32.2. The van der Waals surface area contributed by atoms with Crippen LogP contribution in [0.25, 0.3) is 0 Å². The molecule has 1 aromatic rings. The van der Waals surface area contributed by atoms with Crippen molar-refractivity contribution in [2.45, 2.75) is 24.3 Å². The molecule has 0 saturated carbocycles. The third-order valence-corrected chi connectivity index (χ3v) is 4.39. The summed E-state index contributed by atoms with van der Waals surface area (Å²) >= 11 is 0. The third kappa shape index (κ3) is 2.92. The summed E-state index contributed by atoms with van der Waals surface area (Å²) in [6.45, 7) is 2.83. The molecule has 17 heavy (non-hydrogen) atoms. The van der Waals surface area contributed by atoms with E-state index in [4.69, 9.17) is 10.4 Å². The zero-order valence-corrected chi connectivity index (χ0v) is 10.5. The van der Waals surface area contributed by atoms with Gasteiger partial charge in [-0.3, -0.25) is 9.00 Å². The van der Waals surface area contributed by atoms with E-state index >= 15 is 0 Å². The molecule has 1 N–H and O–H groups in total. The van der Waals surface area contributed by atoms with Crippen molar-refractivity contribution in [3.05, 3.63) is 35.4 Å². The number of rotatable bonds is 4. The average molecular weight is 251 g/mol. The second-order valence-electron chi connectivity index (χ2n) is 4.07. The Balaban J connectivity index is 2.97. The van der Waals surface area contributed by atoms with Crippen molar-refractivity contribution >= 4 is 16.8 Å². The molecule has 0 heterocycles. The summed E-state index contributed by atoms with van der Waals surface area (Å²) in [6.07, 6.45) is 0. The molecular weight excluding hydrogens is 238 g/mol. The molecule has 1 unspecified atom stereocenters. The number of carboxylic acids is 1. The summed E-state index contributed by atoms with van der Waals surface area (Å²) in [5, 5.41) is 17.8. The number of aliphatic carboxylic acids is 1. The largest absolute Gasteiger partial charge is 0.480 e. The molecule has 90 valence electrons. The van der Waals surface area contributed by atoms with E-state index in [9.17, 15) is 9.00 Å². The minimum absolute atomic E-state index is 0.0725. The average Bonchev–Trinajstić information content (AvgIpc) is 2.29. The SMILES string of the molecule is CC(C)(C(=O)O)S(=O)Cc1ccccc1C#N. The van der Waals surface area contributed by atoms with Gasteiger partial charge >= 0.3 is 5.97 Å². The monoisotopic (exact) mass is 251 g/mol. The van der Waals surface area contributed by atoms with Crippen LogP contribution in [0.15, 0.2) is 24.3 Å². The molecular formula is C12H13NO3S. The van der Waals surface area contributed by atoms with E-state index in [1.807, 2.05) is 6.07 Å². The fraction of sp³-hybridized carbons (Fsp3) is 0.333. The van der Waals surface area contributed by atoms with Gasteiger partial charge < -0.3 is 5.11 Å². The van der Waals surface area contributed by atoms with Crippen molar-refractivity contribution in [3.8, 4) is 6.07 Å². The zero-order valence-electron chi connectivity index (χ0n) is 9.64. The molecule has 0 saturated heterocycles. The first-order valence-corrected chi connectivity index (χ1v) is 6.31. The van der Waals surface area contributed by atoms with Crippen LogP contribution in [0.3, 0.4) is 0 Å². The van der Waals surface area contributed by atoms with Gasteiger partial charge in [-0.05, 0) is 25.5 Å². The number of nitrogens with zero attached hydrogens (tertiary/aromatic N) is 1. The number of carboxylic acid groups (broad SMARTS) is 1. The van der Waals surface area contributed by atoms with Gasteiger partial charge in [-0.2, -0.15) is 5.26 Å². The van der Waals surface area contributed by atoms with Crippen molar-refractivity contribution in [2.24, 2.45) is 0 Å². The van der Waals surface area contributed by atoms with Gasteiger partial charge in [0, 0.05) is 10.8 Å². The second-order valence-corrected chi connectivity index (χ2v) is 6.07. The first-order valence-electron chi connectivity index (χ1n) is 4.99. The van der Waals surface area contributed by atoms with E-state index in [0.29, 0.717) is 11.1 Å². The van der Waals surface area contributed by atoms with E-state index in [1.54, 1.807) is 24.3 Å². The van der Waals surface area contributed by atoms with Crippen LogP contribution in [0.2, 0.25) is 0 Å². The lowest BCUT2D eigenvalue weighted by atomic mass is 10.1. The highest BCUT2D eigenvalue weighted by Crippen LogP contribution is 2.19. The smallest absolute Gasteiger partial charge is 0.321 e. The highest BCUT2D eigenvalue weighted by molar-refractivity contribution is 7.86. The summed E-state index contributed by atoms with van der Waals surface area (Å²) in [7, 11) is -1.57. The maximum Gasteiger partial charge on any atom is 0.321 e. The van der Waals surface area contributed by atoms with E-state index in [-0.39, 0.29) is 5.75 Å². The molecule has 0 bridgehead atoms. The van der Waals surface area contributed by atoms with E-state index in [1.165, 1.54) is 13.8 Å². The predicted molar refractivity (Wildman–Crippen MR) is 64.7 cm³/mol. The van der Waals surface area contributed by atoms with Crippen LogP contribution in [0.4, 0.5) is 0 Å². The van der Waals surface area contributed by atoms with Gasteiger partial charge in [0.1, 0.15) is 4.75 Å². The highest BCUT2D eigenvalue weighted by Gasteiger charge is 2.34. The summed E-state index contributed by atoms with van der Waals surface area (Å²) in [5.74, 6) is -1.03. The van der Waals surface area contributed by atoms with Crippen LogP contribution >= 0.6 is 0 Å². The molecule has 5 heteroatoms.